The molecule has 0 aliphatic heterocycles. The molecule has 1 N–H and O–H groups in total. The van der Waals surface area contributed by atoms with Crippen molar-refractivity contribution in [3.63, 3.8) is 0 Å². The Balaban J connectivity index is 2.40. The Morgan fingerprint density at radius 3 is 2.62 bits per heavy atom. The van der Waals surface area contributed by atoms with Gasteiger partial charge in [-0.25, -0.2) is 4.98 Å². The van der Waals surface area contributed by atoms with Crippen molar-refractivity contribution in [1.82, 2.24) is 4.98 Å². The minimum Gasteiger partial charge on any atom is -0.481 e. The number of pyridine rings is 1. The van der Waals surface area contributed by atoms with Crippen molar-refractivity contribution in [2.24, 2.45) is 0 Å². The molecule has 0 spiro atoms. The lowest BCUT2D eigenvalue weighted by Crippen LogP contribution is -2.42. The molecule has 1 saturated carbocycles. The minimum atomic E-state index is -0.745. The van der Waals surface area contributed by atoms with E-state index in [0.29, 0.717) is 18.7 Å². The van der Waals surface area contributed by atoms with Gasteiger partial charge in [-0.15, -0.1) is 0 Å². The van der Waals surface area contributed by atoms with E-state index < -0.39 is 11.4 Å². The fourth-order valence-electron chi connectivity index (χ4n) is 2.19. The maximum absolute atomic E-state index is 11.3. The molecular weight excluding hydrogens is 206 g/mol. The third-order valence-corrected chi connectivity index (χ3v) is 3.39. The average molecular weight is 221 g/mol. The van der Waals surface area contributed by atoms with Crippen LogP contribution < -0.4 is 4.74 Å². The van der Waals surface area contributed by atoms with Crippen molar-refractivity contribution in [1.29, 1.82) is 0 Å². The summed E-state index contributed by atoms with van der Waals surface area (Å²) in [5, 5.41) is 9.30. The van der Waals surface area contributed by atoms with E-state index in [1.807, 2.05) is 13.0 Å². The molecule has 4 heteroatoms. The maximum Gasteiger partial charge on any atom is 0.314 e. The quantitative estimate of drug-likeness (QED) is 0.846. The summed E-state index contributed by atoms with van der Waals surface area (Å²) in [5.74, 6) is -0.186. The van der Waals surface area contributed by atoms with Crippen molar-refractivity contribution in [3.8, 4) is 5.88 Å². The van der Waals surface area contributed by atoms with E-state index in [-0.39, 0.29) is 0 Å². The van der Waals surface area contributed by atoms with Gasteiger partial charge in [-0.1, -0.05) is 6.42 Å². The lowest BCUT2D eigenvalue weighted by Gasteiger charge is -2.38. The zero-order chi connectivity index (χ0) is 11.8. The molecule has 1 aliphatic carbocycles. The fourth-order valence-corrected chi connectivity index (χ4v) is 2.19. The predicted molar refractivity (Wildman–Crippen MR) is 58.7 cm³/mol. The number of ether oxygens (including phenoxy) is 1. The molecular formula is C12H15NO3. The van der Waals surface area contributed by atoms with E-state index in [0.717, 1.165) is 17.5 Å². The Morgan fingerprint density at radius 2 is 2.25 bits per heavy atom. The molecule has 0 saturated heterocycles. The number of aryl methyl sites for hydroxylation is 1. The molecule has 0 radical (unpaired) electrons. The van der Waals surface area contributed by atoms with Crippen LogP contribution in [0.5, 0.6) is 5.88 Å². The summed E-state index contributed by atoms with van der Waals surface area (Å²) in [7, 11) is 1.56. The summed E-state index contributed by atoms with van der Waals surface area (Å²) < 4.78 is 5.07. The third-order valence-electron chi connectivity index (χ3n) is 3.39. The van der Waals surface area contributed by atoms with Gasteiger partial charge in [-0.3, -0.25) is 4.79 Å². The van der Waals surface area contributed by atoms with Crippen LogP contribution in [0.3, 0.4) is 0 Å². The molecule has 16 heavy (non-hydrogen) atoms. The number of nitrogens with zero attached hydrogens (tertiary/aromatic N) is 1. The second-order valence-corrected chi connectivity index (χ2v) is 4.29. The minimum absolute atomic E-state index is 0.559. The van der Waals surface area contributed by atoms with E-state index >= 15 is 0 Å². The SMILES string of the molecule is COc1ncc(C2(C(=O)O)CCC2)cc1C. The molecule has 0 amide bonds. The van der Waals surface area contributed by atoms with Crippen LogP contribution in [-0.2, 0) is 10.2 Å². The van der Waals surface area contributed by atoms with Gasteiger partial charge in [0.05, 0.1) is 12.5 Å². The largest absolute Gasteiger partial charge is 0.481 e. The summed E-state index contributed by atoms with van der Waals surface area (Å²) in [6.07, 6.45) is 4.00. The number of carboxylic acid groups (broad SMARTS) is 1. The Bertz CT molecular complexity index is 424. The number of rotatable bonds is 3. The van der Waals surface area contributed by atoms with Crippen molar-refractivity contribution in [3.05, 3.63) is 23.4 Å². The smallest absolute Gasteiger partial charge is 0.314 e. The topological polar surface area (TPSA) is 59.4 Å². The molecule has 1 aromatic rings. The van der Waals surface area contributed by atoms with Gasteiger partial charge >= 0.3 is 5.97 Å². The molecule has 1 aliphatic rings. The molecule has 1 aromatic heterocycles. The standard InChI is InChI=1S/C12H15NO3/c1-8-6-9(7-13-10(8)16-2)12(11(14)15)4-3-5-12/h6-7H,3-5H2,1-2H3,(H,14,15). The zero-order valence-electron chi connectivity index (χ0n) is 9.49. The van der Waals surface area contributed by atoms with Crippen molar-refractivity contribution < 1.29 is 14.6 Å². The van der Waals surface area contributed by atoms with Gasteiger partial charge in [0.25, 0.3) is 0 Å². The molecule has 0 bridgehead atoms. The lowest BCUT2D eigenvalue weighted by atomic mass is 9.65. The van der Waals surface area contributed by atoms with Crippen LogP contribution in [0, 0.1) is 6.92 Å². The van der Waals surface area contributed by atoms with Crippen LogP contribution >= 0.6 is 0 Å². The number of carboxylic acids is 1. The molecule has 86 valence electrons. The van der Waals surface area contributed by atoms with Crippen molar-refractivity contribution >= 4 is 5.97 Å². The van der Waals surface area contributed by atoms with Crippen molar-refractivity contribution in [2.45, 2.75) is 31.6 Å². The van der Waals surface area contributed by atoms with Gasteiger partial charge in [-0.05, 0) is 31.4 Å². The summed E-state index contributed by atoms with van der Waals surface area (Å²) >= 11 is 0. The summed E-state index contributed by atoms with van der Waals surface area (Å²) in [6, 6.07) is 1.87. The monoisotopic (exact) mass is 221 g/mol. The molecule has 1 heterocycles. The maximum atomic E-state index is 11.3. The first-order valence-electron chi connectivity index (χ1n) is 5.35. The average Bonchev–Trinajstić information content (AvgIpc) is 2.15. The number of carbonyl (C=O) groups is 1. The van der Waals surface area contributed by atoms with Gasteiger partial charge in [0.2, 0.25) is 5.88 Å². The number of aliphatic carboxylic acids is 1. The normalized spacial score (nSPS) is 17.6. The Labute approximate surface area is 94.3 Å². The highest BCUT2D eigenvalue weighted by Gasteiger charge is 2.46. The predicted octanol–water partition coefficient (Wildman–Crippen LogP) is 1.90. The van der Waals surface area contributed by atoms with Crippen LogP contribution in [0.25, 0.3) is 0 Å². The first-order chi connectivity index (χ1) is 7.60. The summed E-state index contributed by atoms with van der Waals surface area (Å²) in [4.78, 5) is 15.5. The molecule has 0 unspecified atom stereocenters. The first kappa shape index (κ1) is 10.9. The Kier molecular flexibility index (Phi) is 2.58. The molecule has 4 nitrogen and oxygen atoms in total. The second kappa shape index (κ2) is 3.77. The van der Waals surface area contributed by atoms with E-state index in [9.17, 15) is 9.90 Å². The van der Waals surface area contributed by atoms with Crippen LogP contribution in [-0.4, -0.2) is 23.2 Å². The highest BCUT2D eigenvalue weighted by molar-refractivity contribution is 5.82. The number of hydrogen-bond donors (Lipinski definition) is 1. The van der Waals surface area contributed by atoms with Crippen LogP contribution in [0.1, 0.15) is 30.4 Å². The number of aromatic nitrogens is 1. The zero-order valence-corrected chi connectivity index (χ0v) is 9.49. The van der Waals surface area contributed by atoms with Gasteiger partial charge in [0.1, 0.15) is 0 Å². The second-order valence-electron chi connectivity index (χ2n) is 4.29. The first-order valence-corrected chi connectivity index (χ1v) is 5.35. The highest BCUT2D eigenvalue weighted by Crippen LogP contribution is 2.44. The number of hydrogen-bond acceptors (Lipinski definition) is 3. The Morgan fingerprint density at radius 1 is 1.56 bits per heavy atom. The molecule has 2 rings (SSSR count). The Hall–Kier alpha value is -1.58. The van der Waals surface area contributed by atoms with E-state index in [1.54, 1.807) is 13.3 Å². The molecule has 0 atom stereocenters. The van der Waals surface area contributed by atoms with Crippen molar-refractivity contribution in [2.75, 3.05) is 7.11 Å². The van der Waals surface area contributed by atoms with E-state index in [2.05, 4.69) is 4.98 Å². The van der Waals surface area contributed by atoms with Crippen LogP contribution in [0.4, 0.5) is 0 Å². The van der Waals surface area contributed by atoms with E-state index in [4.69, 9.17) is 4.74 Å². The highest BCUT2D eigenvalue weighted by atomic mass is 16.5. The summed E-state index contributed by atoms with van der Waals surface area (Å²) in [6.45, 7) is 1.88. The van der Waals surface area contributed by atoms with Gasteiger partial charge < -0.3 is 9.84 Å². The third kappa shape index (κ3) is 1.45. The van der Waals surface area contributed by atoms with Gasteiger partial charge in [0, 0.05) is 11.8 Å². The van der Waals surface area contributed by atoms with Gasteiger partial charge in [-0.2, -0.15) is 0 Å². The van der Waals surface area contributed by atoms with E-state index in [1.165, 1.54) is 0 Å². The lowest BCUT2D eigenvalue weighted by molar-refractivity contribution is -0.147. The van der Waals surface area contributed by atoms with Gasteiger partial charge in [0.15, 0.2) is 0 Å². The van der Waals surface area contributed by atoms with Crippen LogP contribution in [0.15, 0.2) is 12.3 Å². The summed E-state index contributed by atoms with van der Waals surface area (Å²) in [5.41, 5.74) is 0.974. The fraction of sp³-hybridized carbons (Fsp3) is 0.500. The molecule has 0 aromatic carbocycles. The number of methoxy groups -OCH3 is 1. The van der Waals surface area contributed by atoms with Crippen LogP contribution in [0.2, 0.25) is 0 Å². The molecule has 1 fully saturated rings.